The molecule has 1 aromatic carbocycles. The summed E-state index contributed by atoms with van der Waals surface area (Å²) in [6.45, 7) is 4.95. The van der Waals surface area contributed by atoms with E-state index in [2.05, 4.69) is 10.6 Å². The summed E-state index contributed by atoms with van der Waals surface area (Å²) in [7, 11) is 3.58. The Hall–Kier alpha value is -1.92. The van der Waals surface area contributed by atoms with Gasteiger partial charge >= 0.3 is 0 Å². The Bertz CT molecular complexity index is 520. The maximum Gasteiger partial charge on any atom is 0.251 e. The standard InChI is InChI=1S/C18H29N3O3/c1-4-9-19-18(23)16-8-5-7-15(12-16)13-20-17(22)14-21(2)10-6-11-24-3/h5,7-8,12H,4,6,9-11,13-14H2,1-3H3,(H,19,23)(H,20,22). The highest BCUT2D eigenvalue weighted by Gasteiger charge is 2.08. The molecule has 6 nitrogen and oxygen atoms in total. The second-order valence-corrected chi connectivity index (χ2v) is 5.82. The molecule has 0 bridgehead atoms. The predicted octanol–water partition coefficient (Wildman–Crippen LogP) is 1.41. The van der Waals surface area contributed by atoms with Crippen LogP contribution in [-0.2, 0) is 16.1 Å². The van der Waals surface area contributed by atoms with Crippen molar-refractivity contribution in [3.05, 3.63) is 35.4 Å². The minimum Gasteiger partial charge on any atom is -0.385 e. The molecule has 0 radical (unpaired) electrons. The molecule has 2 N–H and O–H groups in total. The van der Waals surface area contributed by atoms with Crippen LogP contribution < -0.4 is 10.6 Å². The van der Waals surface area contributed by atoms with Gasteiger partial charge in [0.25, 0.3) is 5.91 Å². The monoisotopic (exact) mass is 335 g/mol. The summed E-state index contributed by atoms with van der Waals surface area (Å²) in [6.07, 6.45) is 1.80. The van der Waals surface area contributed by atoms with Crippen LogP contribution in [0, 0.1) is 0 Å². The van der Waals surface area contributed by atoms with E-state index in [1.54, 1.807) is 13.2 Å². The molecule has 0 spiro atoms. The summed E-state index contributed by atoms with van der Waals surface area (Å²) >= 11 is 0. The normalized spacial score (nSPS) is 10.7. The van der Waals surface area contributed by atoms with E-state index in [0.29, 0.717) is 31.8 Å². The van der Waals surface area contributed by atoms with Crippen LogP contribution in [0.15, 0.2) is 24.3 Å². The third-order valence-electron chi connectivity index (χ3n) is 3.52. The number of rotatable bonds is 11. The Morgan fingerprint density at radius 3 is 2.75 bits per heavy atom. The fraction of sp³-hybridized carbons (Fsp3) is 0.556. The molecule has 0 saturated carbocycles. The van der Waals surface area contributed by atoms with Gasteiger partial charge in [0.1, 0.15) is 0 Å². The molecular formula is C18H29N3O3. The number of carbonyl (C=O) groups excluding carboxylic acids is 2. The van der Waals surface area contributed by atoms with Crippen molar-refractivity contribution in [3.8, 4) is 0 Å². The molecule has 0 heterocycles. The largest absolute Gasteiger partial charge is 0.385 e. The van der Waals surface area contributed by atoms with Crippen molar-refractivity contribution in [2.75, 3.05) is 40.4 Å². The molecule has 0 atom stereocenters. The van der Waals surface area contributed by atoms with Gasteiger partial charge in [-0.15, -0.1) is 0 Å². The van der Waals surface area contributed by atoms with Gasteiger partial charge < -0.3 is 15.4 Å². The van der Waals surface area contributed by atoms with E-state index >= 15 is 0 Å². The van der Waals surface area contributed by atoms with Crippen LogP contribution in [0.3, 0.4) is 0 Å². The Kier molecular flexibility index (Phi) is 9.72. The summed E-state index contributed by atoms with van der Waals surface area (Å²) in [4.78, 5) is 25.9. The third-order valence-corrected chi connectivity index (χ3v) is 3.52. The number of likely N-dealkylation sites (N-methyl/N-ethyl adjacent to an activating group) is 1. The lowest BCUT2D eigenvalue weighted by atomic mass is 10.1. The van der Waals surface area contributed by atoms with Crippen LogP contribution in [0.2, 0.25) is 0 Å². The van der Waals surface area contributed by atoms with E-state index in [4.69, 9.17) is 4.74 Å². The topological polar surface area (TPSA) is 70.7 Å². The first kappa shape index (κ1) is 20.1. The molecule has 24 heavy (non-hydrogen) atoms. The summed E-state index contributed by atoms with van der Waals surface area (Å²) in [5.41, 5.74) is 1.53. The van der Waals surface area contributed by atoms with E-state index in [0.717, 1.165) is 24.9 Å². The van der Waals surface area contributed by atoms with Gasteiger partial charge in [-0.25, -0.2) is 0 Å². The minimum atomic E-state index is -0.0806. The molecule has 0 aliphatic rings. The van der Waals surface area contributed by atoms with Gasteiger partial charge in [0.05, 0.1) is 6.54 Å². The van der Waals surface area contributed by atoms with Gasteiger partial charge in [0.15, 0.2) is 0 Å². The number of hydrogen-bond donors (Lipinski definition) is 2. The molecule has 0 aliphatic carbocycles. The molecule has 0 aromatic heterocycles. The molecule has 0 fully saturated rings. The molecule has 0 aliphatic heterocycles. The van der Waals surface area contributed by atoms with Crippen molar-refractivity contribution >= 4 is 11.8 Å². The lowest BCUT2D eigenvalue weighted by Gasteiger charge is -2.16. The van der Waals surface area contributed by atoms with Crippen molar-refractivity contribution in [3.63, 3.8) is 0 Å². The highest BCUT2D eigenvalue weighted by atomic mass is 16.5. The van der Waals surface area contributed by atoms with Crippen LogP contribution in [0.25, 0.3) is 0 Å². The van der Waals surface area contributed by atoms with Gasteiger partial charge in [-0.1, -0.05) is 19.1 Å². The van der Waals surface area contributed by atoms with E-state index in [1.807, 2.05) is 37.1 Å². The summed E-state index contributed by atoms with van der Waals surface area (Å²) in [5, 5.41) is 5.73. The number of amides is 2. The third kappa shape index (κ3) is 8.08. The van der Waals surface area contributed by atoms with E-state index < -0.39 is 0 Å². The summed E-state index contributed by atoms with van der Waals surface area (Å²) in [5.74, 6) is -0.112. The molecule has 2 amide bonds. The average molecular weight is 335 g/mol. The Balaban J connectivity index is 2.41. The average Bonchev–Trinajstić information content (AvgIpc) is 2.58. The van der Waals surface area contributed by atoms with Crippen LogP contribution in [-0.4, -0.2) is 57.1 Å². The molecular weight excluding hydrogens is 306 g/mol. The molecule has 1 rings (SSSR count). The lowest BCUT2D eigenvalue weighted by molar-refractivity contribution is -0.122. The lowest BCUT2D eigenvalue weighted by Crippen LogP contribution is -2.35. The van der Waals surface area contributed by atoms with Crippen LogP contribution >= 0.6 is 0 Å². The zero-order valence-corrected chi connectivity index (χ0v) is 14.9. The first-order chi connectivity index (χ1) is 11.6. The van der Waals surface area contributed by atoms with Crippen LogP contribution in [0.1, 0.15) is 35.7 Å². The zero-order chi connectivity index (χ0) is 17.8. The molecule has 0 unspecified atom stereocenters. The Labute approximate surface area is 144 Å². The quantitative estimate of drug-likeness (QED) is 0.600. The Morgan fingerprint density at radius 2 is 2.04 bits per heavy atom. The van der Waals surface area contributed by atoms with Gasteiger partial charge in [0.2, 0.25) is 5.91 Å². The van der Waals surface area contributed by atoms with E-state index in [1.165, 1.54) is 0 Å². The number of hydrogen-bond acceptors (Lipinski definition) is 4. The van der Waals surface area contributed by atoms with Crippen molar-refractivity contribution < 1.29 is 14.3 Å². The maximum absolute atomic E-state index is 12.0. The van der Waals surface area contributed by atoms with Gasteiger partial charge in [-0.3, -0.25) is 14.5 Å². The summed E-state index contributed by atoms with van der Waals surface area (Å²) < 4.78 is 5.00. The number of carbonyl (C=O) groups is 2. The second kappa shape index (κ2) is 11.6. The smallest absolute Gasteiger partial charge is 0.251 e. The molecule has 6 heteroatoms. The SMILES string of the molecule is CCCNC(=O)c1cccc(CNC(=O)CN(C)CCCOC)c1. The van der Waals surface area contributed by atoms with Gasteiger partial charge in [-0.2, -0.15) is 0 Å². The minimum absolute atomic E-state index is 0.0317. The van der Waals surface area contributed by atoms with Crippen molar-refractivity contribution in [2.45, 2.75) is 26.3 Å². The number of methoxy groups -OCH3 is 1. The second-order valence-electron chi connectivity index (χ2n) is 5.82. The predicted molar refractivity (Wildman–Crippen MR) is 94.9 cm³/mol. The van der Waals surface area contributed by atoms with E-state index in [-0.39, 0.29) is 11.8 Å². The number of ether oxygens (including phenoxy) is 1. The van der Waals surface area contributed by atoms with Crippen molar-refractivity contribution in [1.29, 1.82) is 0 Å². The van der Waals surface area contributed by atoms with Crippen LogP contribution in [0.5, 0.6) is 0 Å². The molecule has 134 valence electrons. The highest BCUT2D eigenvalue weighted by molar-refractivity contribution is 5.94. The fourth-order valence-electron chi connectivity index (χ4n) is 2.22. The highest BCUT2D eigenvalue weighted by Crippen LogP contribution is 2.05. The van der Waals surface area contributed by atoms with Crippen molar-refractivity contribution in [1.82, 2.24) is 15.5 Å². The van der Waals surface area contributed by atoms with Gasteiger partial charge in [-0.05, 0) is 37.6 Å². The number of benzene rings is 1. The van der Waals surface area contributed by atoms with E-state index in [9.17, 15) is 9.59 Å². The molecule has 1 aromatic rings. The fourth-order valence-corrected chi connectivity index (χ4v) is 2.22. The first-order valence-electron chi connectivity index (χ1n) is 8.38. The number of nitrogens with one attached hydrogen (secondary N) is 2. The maximum atomic E-state index is 12.0. The number of nitrogens with zero attached hydrogens (tertiary/aromatic N) is 1. The summed E-state index contributed by atoms with van der Waals surface area (Å²) in [6, 6.07) is 7.33. The van der Waals surface area contributed by atoms with Crippen LogP contribution in [0.4, 0.5) is 0 Å². The molecule has 0 saturated heterocycles. The first-order valence-corrected chi connectivity index (χ1v) is 8.38. The van der Waals surface area contributed by atoms with Gasteiger partial charge in [0, 0.05) is 38.9 Å². The Morgan fingerprint density at radius 1 is 1.25 bits per heavy atom. The van der Waals surface area contributed by atoms with Crippen molar-refractivity contribution in [2.24, 2.45) is 0 Å². The zero-order valence-electron chi connectivity index (χ0n) is 14.9.